The number of carbonyl (C=O) groups excluding carboxylic acids is 2. The Morgan fingerprint density at radius 2 is 1.55 bits per heavy atom. The maximum Gasteiger partial charge on any atom is 0.442 e. The molecule has 0 spiro atoms. The second-order valence-electron chi connectivity index (χ2n) is 6.61. The quantitative estimate of drug-likeness (QED) is 0.345. The fourth-order valence-electron chi connectivity index (χ4n) is 3.05. The average molecular weight is 468 g/mol. The van der Waals surface area contributed by atoms with Crippen LogP contribution in [0.1, 0.15) is 5.56 Å². The van der Waals surface area contributed by atoms with E-state index in [-0.39, 0.29) is 6.42 Å². The minimum Gasteiger partial charge on any atom is -0.496 e. The number of carbonyl (C=O) groups is 2. The predicted octanol–water partition coefficient (Wildman–Crippen LogP) is 3.14. The number of alkyl halides is 3. The number of hydrogen-bond donors (Lipinski definition) is 1. The summed E-state index contributed by atoms with van der Waals surface area (Å²) in [6.07, 6.45) is -5.20. The molecule has 0 aliphatic heterocycles. The van der Waals surface area contributed by atoms with Crippen molar-refractivity contribution >= 4 is 17.6 Å². The van der Waals surface area contributed by atoms with Crippen LogP contribution in [0.2, 0.25) is 0 Å². The summed E-state index contributed by atoms with van der Waals surface area (Å²) >= 11 is 0. The monoisotopic (exact) mass is 468 g/mol. The molecule has 0 saturated carbocycles. The van der Waals surface area contributed by atoms with Gasteiger partial charge in [-0.15, -0.1) is 0 Å². The number of hydrogen-bond acceptors (Lipinski definition) is 7. The predicted molar refractivity (Wildman–Crippen MR) is 113 cm³/mol. The van der Waals surface area contributed by atoms with Gasteiger partial charge in [0.25, 0.3) is 5.91 Å². The van der Waals surface area contributed by atoms with Crippen LogP contribution in [0.3, 0.4) is 0 Å². The first-order valence-electron chi connectivity index (χ1n) is 9.53. The normalized spacial score (nSPS) is 12.5. The van der Waals surface area contributed by atoms with Gasteiger partial charge in [0.1, 0.15) is 24.7 Å². The van der Waals surface area contributed by atoms with Gasteiger partial charge in [0.05, 0.1) is 26.9 Å². The lowest BCUT2D eigenvalue weighted by Gasteiger charge is -2.18. The number of amides is 1. The second-order valence-corrected chi connectivity index (χ2v) is 6.61. The van der Waals surface area contributed by atoms with Crippen molar-refractivity contribution < 1.29 is 41.8 Å². The summed E-state index contributed by atoms with van der Waals surface area (Å²) in [4.78, 5) is 28.3. The Kier molecular flexibility index (Phi) is 8.66. The zero-order valence-corrected chi connectivity index (χ0v) is 18.4. The maximum atomic E-state index is 13.0. The van der Waals surface area contributed by atoms with Crippen LogP contribution >= 0.6 is 0 Å². The van der Waals surface area contributed by atoms with Crippen LogP contribution in [0, 0.1) is 0 Å². The third-order valence-corrected chi connectivity index (χ3v) is 4.57. The Morgan fingerprint density at radius 1 is 0.970 bits per heavy atom. The van der Waals surface area contributed by atoms with E-state index in [9.17, 15) is 22.8 Å². The Bertz CT molecular complexity index is 984. The molecule has 0 bridgehead atoms. The third-order valence-electron chi connectivity index (χ3n) is 4.57. The Balaban J connectivity index is 2.29. The molecule has 0 heterocycles. The molecule has 8 nitrogen and oxygen atoms in total. The zero-order valence-electron chi connectivity index (χ0n) is 18.4. The summed E-state index contributed by atoms with van der Waals surface area (Å²) in [5.74, 6) is -1.37. The molecule has 11 heteroatoms. The first kappa shape index (κ1) is 25.5. The van der Waals surface area contributed by atoms with E-state index in [4.69, 9.17) is 9.47 Å². The number of ether oxygens (including phenoxy) is 3. The molecule has 1 N–H and O–H groups in total. The molecule has 0 radical (unpaired) electrons. The van der Waals surface area contributed by atoms with Crippen molar-refractivity contribution in [2.45, 2.75) is 18.6 Å². The second kappa shape index (κ2) is 11.2. The molecule has 1 atom stereocenters. The van der Waals surface area contributed by atoms with Crippen LogP contribution in [0.25, 0.3) is 11.1 Å². The lowest BCUT2D eigenvalue weighted by Crippen LogP contribution is -2.49. The van der Waals surface area contributed by atoms with Crippen molar-refractivity contribution in [2.75, 3.05) is 28.4 Å². The molecule has 33 heavy (non-hydrogen) atoms. The van der Waals surface area contributed by atoms with Crippen LogP contribution in [0.4, 0.5) is 13.2 Å². The van der Waals surface area contributed by atoms with Crippen molar-refractivity contribution in [3.63, 3.8) is 0 Å². The number of benzene rings is 2. The summed E-state index contributed by atoms with van der Waals surface area (Å²) in [6.45, 7) is 0. The van der Waals surface area contributed by atoms with Gasteiger partial charge in [-0.3, -0.25) is 4.79 Å². The molecule has 0 fully saturated rings. The fourth-order valence-corrected chi connectivity index (χ4v) is 3.05. The largest absolute Gasteiger partial charge is 0.496 e. The standard InChI is InChI=1S/C22H23F3N2O6/c1-30-16-6-5-7-17(31-2)18(16)14-10-8-13(9-11-14)12-15(21(29)32-3)26-20(28)19(27-33-4)22(23,24)25/h5-11,15H,12H2,1-4H3,(H,26,28)/t15-/m0/s1. The van der Waals surface area contributed by atoms with Gasteiger partial charge < -0.3 is 24.4 Å². The van der Waals surface area contributed by atoms with Crippen molar-refractivity contribution in [3.05, 3.63) is 48.0 Å². The molecule has 1 amide bonds. The SMILES string of the molecule is CON=C(C(=O)N[C@@H](Cc1ccc(-c2c(OC)cccc2OC)cc1)C(=O)OC)C(F)(F)F. The van der Waals surface area contributed by atoms with Gasteiger partial charge in [-0.05, 0) is 23.3 Å². The minimum atomic E-state index is -5.07. The van der Waals surface area contributed by atoms with E-state index in [1.54, 1.807) is 42.5 Å². The van der Waals surface area contributed by atoms with Gasteiger partial charge in [-0.2, -0.15) is 13.2 Å². The maximum absolute atomic E-state index is 13.0. The molecular formula is C22H23F3N2O6. The van der Waals surface area contributed by atoms with E-state index in [2.05, 4.69) is 14.7 Å². The zero-order chi connectivity index (χ0) is 24.6. The van der Waals surface area contributed by atoms with Crippen LogP contribution in [-0.4, -0.2) is 58.2 Å². The van der Waals surface area contributed by atoms with Gasteiger partial charge >= 0.3 is 12.1 Å². The van der Waals surface area contributed by atoms with E-state index in [0.717, 1.165) is 19.8 Å². The molecular weight excluding hydrogens is 445 g/mol. The Morgan fingerprint density at radius 3 is 2.00 bits per heavy atom. The average Bonchev–Trinajstić information content (AvgIpc) is 2.80. The van der Waals surface area contributed by atoms with Gasteiger partial charge in [0.2, 0.25) is 5.71 Å². The van der Waals surface area contributed by atoms with Gasteiger partial charge in [-0.1, -0.05) is 35.5 Å². The first-order chi connectivity index (χ1) is 15.7. The van der Waals surface area contributed by atoms with E-state index < -0.39 is 29.8 Å². The highest BCUT2D eigenvalue weighted by molar-refractivity contribution is 6.41. The molecule has 0 unspecified atom stereocenters. The fraction of sp³-hybridized carbons (Fsp3) is 0.318. The number of oxime groups is 1. The molecule has 2 rings (SSSR count). The number of methoxy groups -OCH3 is 3. The number of nitrogens with zero attached hydrogens (tertiary/aromatic N) is 1. The topological polar surface area (TPSA) is 95.5 Å². The third kappa shape index (κ3) is 6.37. The van der Waals surface area contributed by atoms with E-state index >= 15 is 0 Å². The number of rotatable bonds is 9. The smallest absolute Gasteiger partial charge is 0.442 e. The van der Waals surface area contributed by atoms with Crippen LogP contribution in [0.5, 0.6) is 11.5 Å². The molecule has 2 aromatic carbocycles. The van der Waals surface area contributed by atoms with E-state index in [1.165, 1.54) is 14.2 Å². The summed E-state index contributed by atoms with van der Waals surface area (Å²) in [6, 6.07) is 10.7. The van der Waals surface area contributed by atoms with Crippen molar-refractivity contribution in [3.8, 4) is 22.6 Å². The summed E-state index contributed by atoms with van der Waals surface area (Å²) in [7, 11) is 4.98. The van der Waals surface area contributed by atoms with Gasteiger partial charge in [0.15, 0.2) is 0 Å². The number of esters is 1. The Hall–Kier alpha value is -3.76. The van der Waals surface area contributed by atoms with Crippen molar-refractivity contribution in [1.82, 2.24) is 5.32 Å². The molecule has 0 saturated heterocycles. The number of nitrogens with one attached hydrogen (secondary N) is 1. The molecule has 178 valence electrons. The molecule has 0 aliphatic carbocycles. The highest BCUT2D eigenvalue weighted by Gasteiger charge is 2.43. The summed E-state index contributed by atoms with van der Waals surface area (Å²) in [5.41, 5.74) is 0.189. The highest BCUT2D eigenvalue weighted by atomic mass is 19.4. The molecule has 0 aliphatic rings. The van der Waals surface area contributed by atoms with Crippen LogP contribution in [-0.2, 0) is 25.6 Å². The van der Waals surface area contributed by atoms with E-state index in [1.807, 2.05) is 5.32 Å². The van der Waals surface area contributed by atoms with E-state index in [0.29, 0.717) is 22.6 Å². The highest BCUT2D eigenvalue weighted by Crippen LogP contribution is 2.38. The minimum absolute atomic E-state index is 0.125. The summed E-state index contributed by atoms with van der Waals surface area (Å²) in [5, 5.41) is 4.73. The lowest BCUT2D eigenvalue weighted by atomic mass is 9.99. The Labute approximate surface area is 188 Å². The lowest BCUT2D eigenvalue weighted by molar-refractivity contribution is -0.144. The summed E-state index contributed by atoms with van der Waals surface area (Å²) < 4.78 is 54.5. The molecule has 2 aromatic rings. The van der Waals surface area contributed by atoms with Gasteiger partial charge in [0, 0.05) is 6.42 Å². The first-order valence-corrected chi connectivity index (χ1v) is 9.53. The van der Waals surface area contributed by atoms with Crippen molar-refractivity contribution in [1.29, 1.82) is 0 Å². The van der Waals surface area contributed by atoms with Gasteiger partial charge in [-0.25, -0.2) is 4.79 Å². The number of halogens is 3. The van der Waals surface area contributed by atoms with Crippen LogP contribution in [0.15, 0.2) is 47.6 Å². The van der Waals surface area contributed by atoms with Crippen molar-refractivity contribution in [2.24, 2.45) is 5.16 Å². The molecule has 0 aromatic heterocycles. The van der Waals surface area contributed by atoms with Crippen LogP contribution < -0.4 is 14.8 Å².